The minimum atomic E-state index is 0.228. The van der Waals surface area contributed by atoms with E-state index < -0.39 is 0 Å². The molecule has 1 aliphatic heterocycles. The van der Waals surface area contributed by atoms with E-state index in [0.29, 0.717) is 0 Å². The highest BCUT2D eigenvalue weighted by atomic mass is 15.1. The lowest BCUT2D eigenvalue weighted by Gasteiger charge is -2.16. The van der Waals surface area contributed by atoms with Gasteiger partial charge in [-0.05, 0) is 41.8 Å². The zero-order valence-electron chi connectivity index (χ0n) is 8.90. The molecule has 0 aliphatic carbocycles. The smallest absolute Gasteiger partial charge is 0.0880 e. The van der Waals surface area contributed by atoms with E-state index in [-0.39, 0.29) is 6.54 Å². The molecular weight excluding hydrogens is 200 g/mol. The quantitative estimate of drug-likeness (QED) is 0.329. The van der Waals surface area contributed by atoms with E-state index in [2.05, 4.69) is 39.3 Å². The molecule has 1 N–H and O–H groups in total. The first kappa shape index (κ1) is 10.6. The summed E-state index contributed by atoms with van der Waals surface area (Å²) in [7, 11) is 0. The van der Waals surface area contributed by atoms with Crippen molar-refractivity contribution in [2.75, 3.05) is 13.1 Å². The molecule has 1 aliphatic rings. The fraction of sp³-hybridized carbons (Fsp3) is 0.333. The Hall–Kier alpha value is -1.95. The van der Waals surface area contributed by atoms with Crippen LogP contribution < -0.4 is 5.32 Å². The van der Waals surface area contributed by atoms with Crippen molar-refractivity contribution in [3.8, 4) is 11.8 Å². The van der Waals surface area contributed by atoms with Crippen molar-refractivity contribution in [3.63, 3.8) is 0 Å². The van der Waals surface area contributed by atoms with Crippen LogP contribution in [0.4, 0.5) is 0 Å². The number of nitrogens with zero attached hydrogens (tertiary/aromatic N) is 3. The highest BCUT2D eigenvalue weighted by Gasteiger charge is 2.07. The van der Waals surface area contributed by atoms with Crippen LogP contribution in [0.15, 0.2) is 23.3 Å². The number of fused-ring (bicyclic) bond motifs is 1. The van der Waals surface area contributed by atoms with Gasteiger partial charge >= 0.3 is 0 Å². The van der Waals surface area contributed by atoms with E-state index in [1.165, 1.54) is 11.1 Å². The van der Waals surface area contributed by atoms with Crippen molar-refractivity contribution in [1.82, 2.24) is 5.32 Å². The Balaban J connectivity index is 2.15. The molecule has 0 bridgehead atoms. The van der Waals surface area contributed by atoms with E-state index >= 15 is 0 Å². The number of azide groups is 1. The Bertz CT molecular complexity index is 489. The Morgan fingerprint density at radius 2 is 2.38 bits per heavy atom. The van der Waals surface area contributed by atoms with Gasteiger partial charge < -0.3 is 5.32 Å². The lowest BCUT2D eigenvalue weighted by Crippen LogP contribution is -2.23. The van der Waals surface area contributed by atoms with Crippen LogP contribution in [0.25, 0.3) is 10.4 Å². The molecule has 0 spiro atoms. The van der Waals surface area contributed by atoms with Crippen molar-refractivity contribution < 1.29 is 0 Å². The molecular formula is C12H12N4. The lowest BCUT2D eigenvalue weighted by atomic mass is 9.99. The highest BCUT2D eigenvalue weighted by molar-refractivity contribution is 5.42. The van der Waals surface area contributed by atoms with Crippen LogP contribution in [0.2, 0.25) is 0 Å². The van der Waals surface area contributed by atoms with E-state index in [4.69, 9.17) is 5.53 Å². The zero-order valence-corrected chi connectivity index (χ0v) is 8.90. The predicted octanol–water partition coefficient (Wildman–Crippen LogP) is 1.99. The molecule has 1 aromatic rings. The van der Waals surface area contributed by atoms with Gasteiger partial charge in [-0.15, -0.1) is 0 Å². The lowest BCUT2D eigenvalue weighted by molar-refractivity contribution is 0.643. The molecule has 4 heteroatoms. The molecule has 16 heavy (non-hydrogen) atoms. The van der Waals surface area contributed by atoms with Crippen molar-refractivity contribution in [3.05, 3.63) is 45.3 Å². The minimum Gasteiger partial charge on any atom is -0.312 e. The third-order valence-corrected chi connectivity index (χ3v) is 2.54. The molecule has 0 amide bonds. The minimum absolute atomic E-state index is 0.228. The summed E-state index contributed by atoms with van der Waals surface area (Å²) in [5.41, 5.74) is 11.8. The van der Waals surface area contributed by atoms with E-state index in [0.717, 1.165) is 25.1 Å². The third-order valence-electron chi connectivity index (χ3n) is 2.54. The maximum absolute atomic E-state index is 8.10. The monoisotopic (exact) mass is 212 g/mol. The summed E-state index contributed by atoms with van der Waals surface area (Å²) in [6, 6.07) is 6.26. The maximum Gasteiger partial charge on any atom is 0.0880 e. The summed E-state index contributed by atoms with van der Waals surface area (Å²) in [5.74, 6) is 5.81. The molecule has 0 atom stereocenters. The predicted molar refractivity (Wildman–Crippen MR) is 62.7 cm³/mol. The maximum atomic E-state index is 8.10. The van der Waals surface area contributed by atoms with Gasteiger partial charge in [-0.3, -0.25) is 0 Å². The topological polar surface area (TPSA) is 60.8 Å². The van der Waals surface area contributed by atoms with Gasteiger partial charge in [0.25, 0.3) is 0 Å². The molecule has 1 heterocycles. The number of hydrogen-bond acceptors (Lipinski definition) is 2. The molecule has 4 nitrogen and oxygen atoms in total. The van der Waals surface area contributed by atoms with Crippen LogP contribution in [0.1, 0.15) is 16.7 Å². The van der Waals surface area contributed by atoms with Gasteiger partial charge in [0.2, 0.25) is 0 Å². The van der Waals surface area contributed by atoms with Crippen molar-refractivity contribution in [2.24, 2.45) is 5.11 Å². The van der Waals surface area contributed by atoms with Gasteiger partial charge in [0, 0.05) is 17.0 Å². The molecule has 1 aromatic carbocycles. The molecule has 80 valence electrons. The van der Waals surface area contributed by atoms with Crippen LogP contribution in [0, 0.1) is 11.8 Å². The first-order valence-corrected chi connectivity index (χ1v) is 5.22. The van der Waals surface area contributed by atoms with Crippen LogP contribution in [-0.2, 0) is 13.0 Å². The van der Waals surface area contributed by atoms with Gasteiger partial charge in [-0.2, -0.15) is 0 Å². The summed E-state index contributed by atoms with van der Waals surface area (Å²) >= 11 is 0. The second-order valence-electron chi connectivity index (χ2n) is 3.60. The summed E-state index contributed by atoms with van der Waals surface area (Å²) in [6.45, 7) is 2.20. The average molecular weight is 212 g/mol. The molecule has 0 saturated heterocycles. The molecule has 0 radical (unpaired) electrons. The van der Waals surface area contributed by atoms with Crippen molar-refractivity contribution in [1.29, 1.82) is 0 Å². The first-order valence-electron chi connectivity index (χ1n) is 5.22. The Kier molecular flexibility index (Phi) is 3.45. The van der Waals surface area contributed by atoms with Crippen LogP contribution in [0.3, 0.4) is 0 Å². The SMILES string of the molecule is [N-]=[N+]=NCC#Cc1ccc2c(c1)CNCC2. The fourth-order valence-corrected chi connectivity index (χ4v) is 1.77. The molecule has 0 saturated carbocycles. The second-order valence-corrected chi connectivity index (χ2v) is 3.60. The number of benzene rings is 1. The van der Waals surface area contributed by atoms with Gasteiger partial charge in [-0.1, -0.05) is 23.0 Å². The highest BCUT2D eigenvalue weighted by Crippen LogP contribution is 2.15. The molecule has 0 aromatic heterocycles. The van der Waals surface area contributed by atoms with Gasteiger partial charge in [0.1, 0.15) is 0 Å². The molecule has 2 rings (SSSR count). The Morgan fingerprint density at radius 3 is 3.25 bits per heavy atom. The van der Waals surface area contributed by atoms with E-state index in [1.54, 1.807) is 0 Å². The molecule has 0 fully saturated rings. The zero-order chi connectivity index (χ0) is 11.2. The fourth-order valence-electron chi connectivity index (χ4n) is 1.77. The van der Waals surface area contributed by atoms with Crippen molar-refractivity contribution >= 4 is 0 Å². The van der Waals surface area contributed by atoms with Crippen molar-refractivity contribution in [2.45, 2.75) is 13.0 Å². The summed E-state index contributed by atoms with van der Waals surface area (Å²) in [5, 5.41) is 6.70. The van der Waals surface area contributed by atoms with Crippen LogP contribution >= 0.6 is 0 Å². The van der Waals surface area contributed by atoms with E-state index in [9.17, 15) is 0 Å². The summed E-state index contributed by atoms with van der Waals surface area (Å²) in [4.78, 5) is 2.65. The summed E-state index contributed by atoms with van der Waals surface area (Å²) < 4.78 is 0. The first-order chi connectivity index (χ1) is 7.90. The summed E-state index contributed by atoms with van der Waals surface area (Å²) in [6.07, 6.45) is 1.09. The Morgan fingerprint density at radius 1 is 1.44 bits per heavy atom. The van der Waals surface area contributed by atoms with Crippen LogP contribution in [0.5, 0.6) is 0 Å². The molecule has 0 unspecified atom stereocenters. The third kappa shape index (κ3) is 2.54. The van der Waals surface area contributed by atoms with Gasteiger partial charge in [0.05, 0.1) is 6.54 Å². The van der Waals surface area contributed by atoms with Gasteiger partial charge in [-0.25, -0.2) is 0 Å². The van der Waals surface area contributed by atoms with Gasteiger partial charge in [0.15, 0.2) is 0 Å². The van der Waals surface area contributed by atoms with E-state index in [1.807, 2.05) is 6.07 Å². The Labute approximate surface area is 94.3 Å². The van der Waals surface area contributed by atoms with Crippen LogP contribution in [-0.4, -0.2) is 13.1 Å². The average Bonchev–Trinajstić information content (AvgIpc) is 2.34. The number of nitrogens with one attached hydrogen (secondary N) is 1. The number of rotatable bonds is 1. The largest absolute Gasteiger partial charge is 0.312 e. The standard InChI is InChI=1S/C12H12N4/c13-16-15-6-1-2-10-3-4-11-5-7-14-9-12(11)8-10/h3-4,8,14H,5-7,9H2. The second kappa shape index (κ2) is 5.22. The normalized spacial score (nSPS) is 13.0. The number of hydrogen-bond donors (Lipinski definition) is 1.